The van der Waals surface area contributed by atoms with E-state index in [-0.39, 0.29) is 32.2 Å². The summed E-state index contributed by atoms with van der Waals surface area (Å²) in [6.45, 7) is 4.78. The average molecular weight is 1300 g/mol. The van der Waals surface area contributed by atoms with E-state index in [2.05, 4.69) is 135 Å². The molecule has 9 heteroatoms. The number of rotatable bonds is 71. The molecular weight excluding hydrogens is 1150 g/mol. The molecule has 0 amide bonds. The number of esters is 2. The Morgan fingerprint density at radius 2 is 0.613 bits per heavy atom. The average Bonchev–Trinajstić information content (AvgIpc) is 3.73. The summed E-state index contributed by atoms with van der Waals surface area (Å²) >= 11 is 0. The van der Waals surface area contributed by atoms with Crippen LogP contribution in [0.25, 0.3) is 0 Å². The van der Waals surface area contributed by atoms with E-state index in [0.29, 0.717) is 23.9 Å². The number of allylic oxidation sites excluding steroid dienone is 20. The number of carboxylic acids is 1. The van der Waals surface area contributed by atoms with Crippen molar-refractivity contribution in [1.82, 2.24) is 0 Å². The minimum atomic E-state index is -1.52. The summed E-state index contributed by atoms with van der Waals surface area (Å²) in [5, 5.41) is 9.77. The van der Waals surface area contributed by atoms with Gasteiger partial charge in [-0.05, 0) is 89.9 Å². The topological polar surface area (TPSA) is 108 Å². The Bertz CT molecular complexity index is 1950. The van der Waals surface area contributed by atoms with Crippen LogP contribution in [0.2, 0.25) is 0 Å². The van der Waals surface area contributed by atoms with E-state index < -0.39 is 24.3 Å². The molecule has 0 aromatic heterocycles. The Balaban J connectivity index is 4.13. The van der Waals surface area contributed by atoms with Crippen molar-refractivity contribution in [3.8, 4) is 0 Å². The van der Waals surface area contributed by atoms with Crippen molar-refractivity contribution in [2.75, 3.05) is 47.5 Å². The maximum atomic E-state index is 13.0. The van der Waals surface area contributed by atoms with Gasteiger partial charge in [-0.25, -0.2) is 4.79 Å². The second-order valence-electron chi connectivity index (χ2n) is 26.9. The highest BCUT2D eigenvalue weighted by atomic mass is 16.7. The molecule has 0 rings (SSSR count). The lowest BCUT2D eigenvalue weighted by atomic mass is 10.0. The maximum absolute atomic E-state index is 13.0. The van der Waals surface area contributed by atoms with Gasteiger partial charge in [-0.2, -0.15) is 0 Å². The fraction of sp³-hybridized carbons (Fsp3) is 0.726. The van der Waals surface area contributed by atoms with Crippen LogP contribution in [0, 0.1) is 0 Å². The molecule has 9 nitrogen and oxygen atoms in total. The van der Waals surface area contributed by atoms with Crippen LogP contribution in [0.3, 0.4) is 0 Å². The molecule has 0 aliphatic carbocycles. The molecule has 0 aromatic carbocycles. The molecule has 0 saturated carbocycles. The van der Waals surface area contributed by atoms with Crippen LogP contribution in [-0.2, 0) is 33.3 Å². The van der Waals surface area contributed by atoms with Gasteiger partial charge >= 0.3 is 17.9 Å². The zero-order valence-electron chi connectivity index (χ0n) is 61.1. The summed E-state index contributed by atoms with van der Waals surface area (Å²) < 4.78 is 23.0. The van der Waals surface area contributed by atoms with Crippen LogP contribution in [-0.4, -0.2) is 87.4 Å². The Hall–Kier alpha value is -4.31. The van der Waals surface area contributed by atoms with Gasteiger partial charge in [0.2, 0.25) is 0 Å². The van der Waals surface area contributed by atoms with E-state index in [1.807, 2.05) is 21.1 Å². The molecule has 0 spiro atoms. The van der Waals surface area contributed by atoms with Gasteiger partial charge < -0.3 is 28.5 Å². The highest BCUT2D eigenvalue weighted by Crippen LogP contribution is 2.18. The molecule has 0 aromatic rings. The molecule has 2 atom stereocenters. The molecule has 0 heterocycles. The predicted molar refractivity (Wildman–Crippen MR) is 401 cm³/mol. The summed E-state index contributed by atoms with van der Waals surface area (Å²) in [6.07, 6.45) is 102. The van der Waals surface area contributed by atoms with Crippen molar-refractivity contribution in [2.24, 2.45) is 0 Å². The van der Waals surface area contributed by atoms with E-state index in [9.17, 15) is 19.5 Å². The van der Waals surface area contributed by atoms with Crippen molar-refractivity contribution >= 4 is 17.9 Å². The standard InChI is InChI=1S/C84H145NO8/c1-6-8-10-12-14-16-18-20-22-24-26-28-30-32-34-36-38-39-40-41-42-43-45-47-49-51-53-55-57-59-61-63-65-67-69-71-73-75-82(87)93-80(79-92-84(83(88)89)90-77-76-85(3,4)5)78-91-81(86)74-72-70-68-66-64-62-60-58-56-54-52-50-48-46-44-37-35-33-31-29-27-25-23-21-19-17-15-13-11-9-7-2/h8,10,14,16,20,22,26,28,32,34,38-39,41-42,45,47,51,53,57,59,80,84H,6-7,9,11-13,15,17-19,21,23-25,27,29-31,33,35-37,40,43-44,46,48-50,52,54-56,58,60-79H2,1-5H3/p+1/b10-8-,16-14-,22-20-,28-26-,34-32-,39-38-,42-41-,47-45-,53-51-,59-57-. The second-order valence-corrected chi connectivity index (χ2v) is 26.9. The van der Waals surface area contributed by atoms with Crippen LogP contribution in [0.5, 0.6) is 0 Å². The maximum Gasteiger partial charge on any atom is 0.361 e. The lowest BCUT2D eigenvalue weighted by molar-refractivity contribution is -0.870. The molecule has 0 radical (unpaired) electrons. The highest BCUT2D eigenvalue weighted by molar-refractivity contribution is 5.71. The molecular formula is C84H146NO8+. The summed E-state index contributed by atoms with van der Waals surface area (Å²) in [5.41, 5.74) is 0. The first-order valence-electron chi connectivity index (χ1n) is 38.7. The molecule has 0 bridgehead atoms. The number of ether oxygens (including phenoxy) is 4. The van der Waals surface area contributed by atoms with Crippen molar-refractivity contribution in [3.63, 3.8) is 0 Å². The SMILES string of the molecule is CC/C=C\C/C=C\C/C=C\C/C=C\C/C=C\C/C=C\C/C=C\C/C=C\C/C=C\C/C=C\CCCCCCCCC(=O)OC(COC(=O)CCCCCCCCCCCCCCCCCCCCCCCCCCCCCCCCC)COC(OCC[N+](C)(C)C)C(=O)O. The number of unbranched alkanes of at least 4 members (excludes halogenated alkanes) is 36. The van der Waals surface area contributed by atoms with Gasteiger partial charge in [0.1, 0.15) is 13.2 Å². The first kappa shape index (κ1) is 88.7. The molecule has 1 N–H and O–H groups in total. The Labute approximate surface area is 574 Å². The minimum Gasteiger partial charge on any atom is -0.477 e. The quantitative estimate of drug-likeness (QED) is 0.0211. The van der Waals surface area contributed by atoms with Gasteiger partial charge in [-0.15, -0.1) is 0 Å². The first-order chi connectivity index (χ1) is 45.6. The van der Waals surface area contributed by atoms with Gasteiger partial charge in [0.25, 0.3) is 6.29 Å². The third kappa shape index (κ3) is 74.9. The van der Waals surface area contributed by atoms with Crippen molar-refractivity contribution in [3.05, 3.63) is 122 Å². The molecule has 0 aliphatic heterocycles. The summed E-state index contributed by atoms with van der Waals surface area (Å²) in [6, 6.07) is 0. The van der Waals surface area contributed by atoms with Crippen molar-refractivity contribution in [1.29, 1.82) is 0 Å². The van der Waals surface area contributed by atoms with Gasteiger partial charge in [0.15, 0.2) is 6.10 Å². The number of quaternary nitrogens is 1. The van der Waals surface area contributed by atoms with Crippen LogP contribution in [0.4, 0.5) is 0 Å². The normalized spacial score (nSPS) is 13.3. The predicted octanol–water partition coefficient (Wildman–Crippen LogP) is 24.7. The lowest BCUT2D eigenvalue weighted by Gasteiger charge is -2.25. The van der Waals surface area contributed by atoms with Gasteiger partial charge in [0, 0.05) is 12.8 Å². The van der Waals surface area contributed by atoms with E-state index in [1.165, 1.54) is 180 Å². The number of carboxylic acid groups (broad SMARTS) is 1. The van der Waals surface area contributed by atoms with E-state index in [4.69, 9.17) is 18.9 Å². The van der Waals surface area contributed by atoms with E-state index >= 15 is 0 Å². The number of likely N-dealkylation sites (N-methyl/N-ethyl adjacent to an activating group) is 1. The first-order valence-corrected chi connectivity index (χ1v) is 38.7. The third-order valence-electron chi connectivity index (χ3n) is 16.7. The zero-order valence-corrected chi connectivity index (χ0v) is 61.1. The van der Waals surface area contributed by atoms with Gasteiger partial charge in [-0.1, -0.05) is 354 Å². The smallest absolute Gasteiger partial charge is 0.361 e. The molecule has 2 unspecified atom stereocenters. The minimum absolute atomic E-state index is 0.180. The molecule has 93 heavy (non-hydrogen) atoms. The number of aliphatic carboxylic acids is 1. The zero-order chi connectivity index (χ0) is 67.5. The van der Waals surface area contributed by atoms with Crippen molar-refractivity contribution < 1.29 is 42.9 Å². The second kappa shape index (κ2) is 73.5. The number of carbonyl (C=O) groups excluding carboxylic acids is 2. The van der Waals surface area contributed by atoms with Crippen molar-refractivity contribution in [2.45, 2.75) is 347 Å². The molecule has 0 fully saturated rings. The summed E-state index contributed by atoms with van der Waals surface area (Å²) in [7, 11) is 5.98. The third-order valence-corrected chi connectivity index (χ3v) is 16.7. The van der Waals surface area contributed by atoms with Crippen LogP contribution >= 0.6 is 0 Å². The largest absolute Gasteiger partial charge is 0.477 e. The molecule has 0 aliphatic rings. The monoisotopic (exact) mass is 1300 g/mol. The number of hydrogen-bond donors (Lipinski definition) is 1. The van der Waals surface area contributed by atoms with Crippen LogP contribution in [0.15, 0.2) is 122 Å². The summed E-state index contributed by atoms with van der Waals surface area (Å²) in [5.74, 6) is -2.02. The lowest BCUT2D eigenvalue weighted by Crippen LogP contribution is -2.40. The van der Waals surface area contributed by atoms with E-state index in [0.717, 1.165) is 122 Å². The fourth-order valence-electron chi connectivity index (χ4n) is 10.9. The van der Waals surface area contributed by atoms with Crippen LogP contribution in [0.1, 0.15) is 335 Å². The molecule has 534 valence electrons. The Kier molecular flexibility index (Phi) is 70.1. The Morgan fingerprint density at radius 1 is 0.333 bits per heavy atom. The molecule has 0 saturated heterocycles. The van der Waals surface area contributed by atoms with Crippen LogP contribution < -0.4 is 0 Å². The van der Waals surface area contributed by atoms with E-state index in [1.54, 1.807) is 0 Å². The number of nitrogens with zero attached hydrogens (tertiary/aromatic N) is 1. The fourth-order valence-corrected chi connectivity index (χ4v) is 10.9. The Morgan fingerprint density at radius 3 is 0.914 bits per heavy atom. The summed E-state index contributed by atoms with van der Waals surface area (Å²) in [4.78, 5) is 37.7. The van der Waals surface area contributed by atoms with Gasteiger partial charge in [-0.3, -0.25) is 9.59 Å². The number of carbonyl (C=O) groups is 3. The highest BCUT2D eigenvalue weighted by Gasteiger charge is 2.25. The number of hydrogen-bond acceptors (Lipinski definition) is 7. The van der Waals surface area contributed by atoms with Gasteiger partial charge in [0.05, 0.1) is 34.4 Å².